The van der Waals surface area contributed by atoms with Crippen LogP contribution in [0, 0.1) is 12.3 Å². The Kier molecular flexibility index (Phi) is 4.26. The number of aliphatic hydroxyl groups excluding tert-OH is 1. The molecule has 0 fully saturated rings. The Bertz CT molecular complexity index is 305. The van der Waals surface area contributed by atoms with Gasteiger partial charge in [0.1, 0.15) is 0 Å². The predicted octanol–water partition coefficient (Wildman–Crippen LogP) is 1.49. The van der Waals surface area contributed by atoms with Gasteiger partial charge >= 0.3 is 0 Å². The van der Waals surface area contributed by atoms with Crippen LogP contribution >= 0.6 is 22.9 Å². The van der Waals surface area contributed by atoms with Crippen LogP contribution in [0.3, 0.4) is 0 Å². The standard InChI is InChI=1S/C9H10ClNOS/c1-2-7(6-12)11-5-8-3-4-9(10)13-8/h1,3-4,7,11-12H,5-6H2/t7-/m1/s1. The van der Waals surface area contributed by atoms with E-state index in [0.717, 1.165) is 9.21 Å². The van der Waals surface area contributed by atoms with E-state index in [2.05, 4.69) is 11.2 Å². The first kappa shape index (κ1) is 10.6. The summed E-state index contributed by atoms with van der Waals surface area (Å²) in [7, 11) is 0. The molecule has 13 heavy (non-hydrogen) atoms. The van der Waals surface area contributed by atoms with E-state index in [0.29, 0.717) is 6.54 Å². The van der Waals surface area contributed by atoms with Crippen LogP contribution in [0.4, 0.5) is 0 Å². The number of halogens is 1. The van der Waals surface area contributed by atoms with Gasteiger partial charge in [-0.25, -0.2) is 0 Å². The van der Waals surface area contributed by atoms with E-state index in [1.807, 2.05) is 12.1 Å². The minimum atomic E-state index is -0.277. The Morgan fingerprint density at radius 1 is 1.69 bits per heavy atom. The first-order chi connectivity index (χ1) is 6.26. The molecule has 2 N–H and O–H groups in total. The molecule has 0 amide bonds. The molecule has 0 spiro atoms. The fraction of sp³-hybridized carbons (Fsp3) is 0.333. The Hall–Kier alpha value is -0.530. The topological polar surface area (TPSA) is 32.3 Å². The average Bonchev–Trinajstić information content (AvgIpc) is 2.53. The van der Waals surface area contributed by atoms with Gasteiger partial charge < -0.3 is 5.11 Å². The molecule has 0 saturated heterocycles. The zero-order valence-corrected chi connectivity index (χ0v) is 8.53. The lowest BCUT2D eigenvalue weighted by Crippen LogP contribution is -2.29. The molecule has 0 unspecified atom stereocenters. The van der Waals surface area contributed by atoms with Crippen LogP contribution in [-0.2, 0) is 6.54 Å². The first-order valence-electron chi connectivity index (χ1n) is 3.81. The zero-order chi connectivity index (χ0) is 9.68. The van der Waals surface area contributed by atoms with Crippen molar-refractivity contribution in [3.63, 3.8) is 0 Å². The Morgan fingerprint density at radius 3 is 2.92 bits per heavy atom. The van der Waals surface area contributed by atoms with E-state index in [1.54, 1.807) is 0 Å². The molecule has 0 saturated carbocycles. The molecular weight excluding hydrogens is 206 g/mol. The van der Waals surface area contributed by atoms with Gasteiger partial charge in [-0.1, -0.05) is 17.5 Å². The van der Waals surface area contributed by atoms with Gasteiger partial charge in [0.05, 0.1) is 17.0 Å². The van der Waals surface area contributed by atoms with Gasteiger partial charge in [-0.05, 0) is 12.1 Å². The molecule has 2 nitrogen and oxygen atoms in total. The van der Waals surface area contributed by atoms with Crippen LogP contribution in [0.15, 0.2) is 12.1 Å². The summed E-state index contributed by atoms with van der Waals surface area (Å²) < 4.78 is 0.762. The van der Waals surface area contributed by atoms with Gasteiger partial charge in [0.25, 0.3) is 0 Å². The van der Waals surface area contributed by atoms with E-state index in [4.69, 9.17) is 23.1 Å². The maximum Gasteiger partial charge on any atom is 0.0931 e. The molecule has 0 bridgehead atoms. The molecule has 1 atom stereocenters. The summed E-state index contributed by atoms with van der Waals surface area (Å²) in [6.45, 7) is 0.600. The molecule has 0 aliphatic rings. The van der Waals surface area contributed by atoms with Crippen molar-refractivity contribution in [2.45, 2.75) is 12.6 Å². The lowest BCUT2D eigenvalue weighted by molar-refractivity contribution is 0.268. The van der Waals surface area contributed by atoms with Crippen molar-refractivity contribution in [2.75, 3.05) is 6.61 Å². The summed E-state index contributed by atoms with van der Waals surface area (Å²) >= 11 is 7.25. The molecule has 1 heterocycles. The van der Waals surface area contributed by atoms with E-state index in [9.17, 15) is 0 Å². The molecule has 4 heteroatoms. The molecule has 1 aromatic heterocycles. The van der Waals surface area contributed by atoms with Gasteiger partial charge in [-0.2, -0.15) is 0 Å². The largest absolute Gasteiger partial charge is 0.394 e. The lowest BCUT2D eigenvalue weighted by atomic mass is 10.3. The van der Waals surface area contributed by atoms with E-state index in [1.165, 1.54) is 11.3 Å². The Morgan fingerprint density at radius 2 is 2.46 bits per heavy atom. The van der Waals surface area contributed by atoms with Gasteiger partial charge in [0, 0.05) is 11.4 Å². The molecule has 1 rings (SSSR count). The molecule has 0 aliphatic heterocycles. The van der Waals surface area contributed by atoms with Crippen molar-refractivity contribution in [1.29, 1.82) is 0 Å². The maximum absolute atomic E-state index is 8.78. The zero-order valence-electron chi connectivity index (χ0n) is 6.96. The third-order valence-electron chi connectivity index (χ3n) is 1.54. The van der Waals surface area contributed by atoms with Crippen molar-refractivity contribution in [2.24, 2.45) is 0 Å². The third kappa shape index (κ3) is 3.37. The average molecular weight is 216 g/mol. The van der Waals surface area contributed by atoms with Gasteiger partial charge in [0.2, 0.25) is 0 Å². The second-order valence-electron chi connectivity index (χ2n) is 2.49. The molecule has 0 aromatic carbocycles. The molecule has 0 radical (unpaired) electrons. The monoisotopic (exact) mass is 215 g/mol. The predicted molar refractivity (Wildman–Crippen MR) is 55.9 cm³/mol. The number of terminal acetylenes is 1. The number of hydrogen-bond donors (Lipinski definition) is 2. The number of hydrogen-bond acceptors (Lipinski definition) is 3. The lowest BCUT2D eigenvalue weighted by Gasteiger charge is -2.07. The summed E-state index contributed by atoms with van der Waals surface area (Å²) in [5, 5.41) is 11.8. The second-order valence-corrected chi connectivity index (χ2v) is 4.29. The maximum atomic E-state index is 8.78. The summed E-state index contributed by atoms with van der Waals surface area (Å²) in [5.41, 5.74) is 0. The fourth-order valence-electron chi connectivity index (χ4n) is 0.847. The third-order valence-corrected chi connectivity index (χ3v) is 2.77. The minimum absolute atomic E-state index is 0.0460. The number of thiophene rings is 1. The highest BCUT2D eigenvalue weighted by molar-refractivity contribution is 7.16. The number of rotatable bonds is 4. The summed E-state index contributed by atoms with van der Waals surface area (Å²) in [6.07, 6.45) is 5.16. The van der Waals surface area contributed by atoms with Crippen molar-refractivity contribution in [3.05, 3.63) is 21.3 Å². The van der Waals surface area contributed by atoms with Crippen molar-refractivity contribution in [1.82, 2.24) is 5.32 Å². The number of nitrogens with one attached hydrogen (secondary N) is 1. The van der Waals surface area contributed by atoms with Crippen molar-refractivity contribution < 1.29 is 5.11 Å². The smallest absolute Gasteiger partial charge is 0.0931 e. The van der Waals surface area contributed by atoms with Crippen LogP contribution < -0.4 is 5.32 Å². The summed E-state index contributed by atoms with van der Waals surface area (Å²) in [5.74, 6) is 2.44. The second kappa shape index (κ2) is 5.25. The van der Waals surface area contributed by atoms with E-state index < -0.39 is 0 Å². The summed E-state index contributed by atoms with van der Waals surface area (Å²) in [6, 6.07) is 3.50. The fourth-order valence-corrected chi connectivity index (χ4v) is 1.89. The molecule has 0 aliphatic carbocycles. The number of aliphatic hydroxyl groups is 1. The van der Waals surface area contributed by atoms with Crippen molar-refractivity contribution >= 4 is 22.9 Å². The van der Waals surface area contributed by atoms with Crippen LogP contribution in [0.1, 0.15) is 4.88 Å². The van der Waals surface area contributed by atoms with Crippen molar-refractivity contribution in [3.8, 4) is 12.3 Å². The van der Waals surface area contributed by atoms with E-state index >= 15 is 0 Å². The SMILES string of the molecule is C#C[C@H](CO)NCc1ccc(Cl)s1. The molecule has 1 aromatic rings. The normalized spacial score (nSPS) is 12.4. The highest BCUT2D eigenvalue weighted by Crippen LogP contribution is 2.20. The summed E-state index contributed by atoms with van der Waals surface area (Å²) in [4.78, 5) is 1.11. The molecular formula is C9H10ClNOS. The minimum Gasteiger partial charge on any atom is -0.394 e. The van der Waals surface area contributed by atoms with Crippen LogP contribution in [0.5, 0.6) is 0 Å². The highest BCUT2D eigenvalue weighted by Gasteiger charge is 2.03. The van der Waals surface area contributed by atoms with Gasteiger partial charge in [-0.15, -0.1) is 17.8 Å². The quantitative estimate of drug-likeness (QED) is 0.746. The van der Waals surface area contributed by atoms with Crippen LogP contribution in [-0.4, -0.2) is 17.8 Å². The van der Waals surface area contributed by atoms with E-state index in [-0.39, 0.29) is 12.6 Å². The van der Waals surface area contributed by atoms with Gasteiger partial charge in [-0.3, -0.25) is 5.32 Å². The van der Waals surface area contributed by atoms with Crippen LogP contribution in [0.2, 0.25) is 4.34 Å². The Labute approximate surface area is 86.5 Å². The van der Waals surface area contributed by atoms with Crippen LogP contribution in [0.25, 0.3) is 0 Å². The van der Waals surface area contributed by atoms with Gasteiger partial charge in [0.15, 0.2) is 0 Å². The Balaban J connectivity index is 2.39. The highest BCUT2D eigenvalue weighted by atomic mass is 35.5. The first-order valence-corrected chi connectivity index (χ1v) is 5.00. The molecule has 70 valence electrons.